The Morgan fingerprint density at radius 1 is 1.24 bits per heavy atom. The van der Waals surface area contributed by atoms with Gasteiger partial charge in [0.2, 0.25) is 0 Å². The lowest BCUT2D eigenvalue weighted by molar-refractivity contribution is 0.397. The summed E-state index contributed by atoms with van der Waals surface area (Å²) in [6, 6.07) is 6.44. The van der Waals surface area contributed by atoms with Gasteiger partial charge in [0.25, 0.3) is 0 Å². The molecule has 0 saturated heterocycles. The maximum absolute atomic E-state index is 5.52. The van der Waals surface area contributed by atoms with Gasteiger partial charge >= 0.3 is 0 Å². The molecule has 1 aromatic carbocycles. The zero-order chi connectivity index (χ0) is 12.7. The summed E-state index contributed by atoms with van der Waals surface area (Å²) in [5.41, 5.74) is 8.15. The Morgan fingerprint density at radius 3 is 2.59 bits per heavy atom. The van der Waals surface area contributed by atoms with Gasteiger partial charge in [-0.05, 0) is 57.1 Å². The lowest BCUT2D eigenvalue weighted by atomic mass is 10.0. The van der Waals surface area contributed by atoms with E-state index < -0.39 is 0 Å². The SMILES string of the molecule is COc1ccc(CN(C)C)cc1CCCCN. The minimum atomic E-state index is 0.764. The maximum atomic E-state index is 5.52. The lowest BCUT2D eigenvalue weighted by Gasteiger charge is -2.13. The average molecular weight is 236 g/mol. The lowest BCUT2D eigenvalue weighted by Crippen LogP contribution is -2.11. The van der Waals surface area contributed by atoms with Crippen LogP contribution >= 0.6 is 0 Å². The van der Waals surface area contributed by atoms with Crippen LogP contribution in [0.25, 0.3) is 0 Å². The molecule has 17 heavy (non-hydrogen) atoms. The van der Waals surface area contributed by atoms with Crippen molar-refractivity contribution >= 4 is 0 Å². The third-order valence-corrected chi connectivity index (χ3v) is 2.74. The molecular formula is C14H24N2O. The second-order valence-electron chi connectivity index (χ2n) is 4.63. The summed E-state index contributed by atoms with van der Waals surface area (Å²) in [7, 11) is 5.89. The van der Waals surface area contributed by atoms with Gasteiger partial charge in [-0.1, -0.05) is 12.1 Å². The molecule has 0 aromatic heterocycles. The van der Waals surface area contributed by atoms with Crippen molar-refractivity contribution in [2.75, 3.05) is 27.7 Å². The average Bonchev–Trinajstić information content (AvgIpc) is 2.29. The van der Waals surface area contributed by atoms with Gasteiger partial charge in [0.05, 0.1) is 7.11 Å². The van der Waals surface area contributed by atoms with E-state index in [1.807, 2.05) is 0 Å². The minimum Gasteiger partial charge on any atom is -0.496 e. The highest BCUT2D eigenvalue weighted by molar-refractivity contribution is 5.37. The molecule has 96 valence electrons. The van der Waals surface area contributed by atoms with Crippen LogP contribution in [0.5, 0.6) is 5.75 Å². The van der Waals surface area contributed by atoms with Gasteiger partial charge in [0, 0.05) is 6.54 Å². The normalized spacial score (nSPS) is 10.9. The van der Waals surface area contributed by atoms with E-state index in [4.69, 9.17) is 10.5 Å². The number of hydrogen-bond acceptors (Lipinski definition) is 3. The summed E-state index contributed by atoms with van der Waals surface area (Å²) in [6.07, 6.45) is 3.24. The van der Waals surface area contributed by atoms with Crippen LogP contribution in [0.2, 0.25) is 0 Å². The second kappa shape index (κ2) is 7.30. The Balaban J connectivity index is 2.75. The number of aryl methyl sites for hydroxylation is 1. The van der Waals surface area contributed by atoms with E-state index in [2.05, 4.69) is 37.2 Å². The van der Waals surface area contributed by atoms with Crippen LogP contribution in [0.4, 0.5) is 0 Å². The van der Waals surface area contributed by atoms with E-state index in [1.165, 1.54) is 11.1 Å². The molecule has 0 fully saturated rings. The molecule has 0 radical (unpaired) electrons. The highest BCUT2D eigenvalue weighted by Gasteiger charge is 2.05. The maximum Gasteiger partial charge on any atom is 0.122 e. The van der Waals surface area contributed by atoms with E-state index in [0.717, 1.165) is 38.1 Å². The number of unbranched alkanes of at least 4 members (excludes halogenated alkanes) is 1. The smallest absolute Gasteiger partial charge is 0.122 e. The van der Waals surface area contributed by atoms with Crippen molar-refractivity contribution in [2.45, 2.75) is 25.8 Å². The number of methoxy groups -OCH3 is 1. The molecule has 1 aromatic rings. The Morgan fingerprint density at radius 2 is 2.00 bits per heavy atom. The van der Waals surface area contributed by atoms with Gasteiger partial charge in [0.1, 0.15) is 5.75 Å². The van der Waals surface area contributed by atoms with Gasteiger partial charge in [-0.2, -0.15) is 0 Å². The highest BCUT2D eigenvalue weighted by atomic mass is 16.5. The van der Waals surface area contributed by atoms with Crippen molar-refractivity contribution in [2.24, 2.45) is 5.73 Å². The summed E-state index contributed by atoms with van der Waals surface area (Å²) in [5.74, 6) is 0.990. The van der Waals surface area contributed by atoms with Gasteiger partial charge in [-0.3, -0.25) is 0 Å². The molecule has 0 saturated carbocycles. The summed E-state index contributed by atoms with van der Waals surface area (Å²) in [6.45, 7) is 1.73. The summed E-state index contributed by atoms with van der Waals surface area (Å²) < 4.78 is 5.39. The molecule has 3 nitrogen and oxygen atoms in total. The van der Waals surface area contributed by atoms with Gasteiger partial charge in [-0.15, -0.1) is 0 Å². The number of rotatable bonds is 7. The summed E-state index contributed by atoms with van der Waals surface area (Å²) >= 11 is 0. The number of nitrogens with two attached hydrogens (primary N) is 1. The number of hydrogen-bond donors (Lipinski definition) is 1. The first-order chi connectivity index (χ1) is 8.17. The molecule has 0 unspecified atom stereocenters. The van der Waals surface area contributed by atoms with Gasteiger partial charge in [-0.25, -0.2) is 0 Å². The fraction of sp³-hybridized carbons (Fsp3) is 0.571. The molecule has 1 rings (SSSR count). The van der Waals surface area contributed by atoms with Crippen molar-refractivity contribution in [3.8, 4) is 5.75 Å². The molecule has 0 bridgehead atoms. The van der Waals surface area contributed by atoms with Crippen LogP contribution in [-0.2, 0) is 13.0 Å². The van der Waals surface area contributed by atoms with Gasteiger partial charge in [0.15, 0.2) is 0 Å². The van der Waals surface area contributed by atoms with Crippen molar-refractivity contribution in [3.63, 3.8) is 0 Å². The molecule has 0 aliphatic carbocycles. The number of nitrogens with zero attached hydrogens (tertiary/aromatic N) is 1. The molecule has 2 N–H and O–H groups in total. The molecule has 0 aliphatic heterocycles. The first kappa shape index (κ1) is 14.0. The topological polar surface area (TPSA) is 38.5 Å². The third-order valence-electron chi connectivity index (χ3n) is 2.74. The van der Waals surface area contributed by atoms with Crippen LogP contribution in [0.1, 0.15) is 24.0 Å². The predicted octanol–water partition coefficient (Wildman–Crippen LogP) is 2.04. The van der Waals surface area contributed by atoms with Crippen LogP contribution in [0, 0.1) is 0 Å². The Hall–Kier alpha value is -1.06. The Bertz CT molecular complexity index is 337. The van der Waals surface area contributed by atoms with Crippen molar-refractivity contribution < 1.29 is 4.74 Å². The van der Waals surface area contributed by atoms with E-state index in [1.54, 1.807) is 7.11 Å². The zero-order valence-corrected chi connectivity index (χ0v) is 11.2. The predicted molar refractivity (Wildman–Crippen MR) is 72.4 cm³/mol. The van der Waals surface area contributed by atoms with E-state index in [9.17, 15) is 0 Å². The van der Waals surface area contributed by atoms with E-state index in [0.29, 0.717) is 0 Å². The summed E-state index contributed by atoms with van der Waals surface area (Å²) in [5, 5.41) is 0. The Kier molecular flexibility index (Phi) is 6.01. The molecule has 0 amide bonds. The number of ether oxygens (including phenoxy) is 1. The van der Waals surface area contributed by atoms with Crippen molar-refractivity contribution in [3.05, 3.63) is 29.3 Å². The zero-order valence-electron chi connectivity index (χ0n) is 11.2. The fourth-order valence-electron chi connectivity index (χ4n) is 1.95. The molecule has 0 atom stereocenters. The van der Waals surface area contributed by atoms with Crippen LogP contribution < -0.4 is 10.5 Å². The van der Waals surface area contributed by atoms with Crippen LogP contribution in [0.3, 0.4) is 0 Å². The quantitative estimate of drug-likeness (QED) is 0.736. The first-order valence-electron chi connectivity index (χ1n) is 6.18. The molecule has 0 aliphatic rings. The van der Waals surface area contributed by atoms with E-state index in [-0.39, 0.29) is 0 Å². The van der Waals surface area contributed by atoms with Crippen molar-refractivity contribution in [1.82, 2.24) is 4.90 Å². The highest BCUT2D eigenvalue weighted by Crippen LogP contribution is 2.22. The standard InChI is InChI=1S/C14H24N2O/c1-16(2)11-12-7-8-14(17-3)13(10-12)6-4-5-9-15/h7-8,10H,4-6,9,11,15H2,1-3H3. The Labute approximate surface area is 105 Å². The number of benzene rings is 1. The molecule has 0 heterocycles. The van der Waals surface area contributed by atoms with Crippen LogP contribution in [0.15, 0.2) is 18.2 Å². The molecule has 3 heteroatoms. The molecule has 0 spiro atoms. The second-order valence-corrected chi connectivity index (χ2v) is 4.63. The van der Waals surface area contributed by atoms with Gasteiger partial charge < -0.3 is 15.4 Å². The molecular weight excluding hydrogens is 212 g/mol. The van der Waals surface area contributed by atoms with E-state index >= 15 is 0 Å². The fourth-order valence-corrected chi connectivity index (χ4v) is 1.95. The monoisotopic (exact) mass is 236 g/mol. The van der Waals surface area contributed by atoms with Crippen LogP contribution in [-0.4, -0.2) is 32.6 Å². The third kappa shape index (κ3) is 4.75. The first-order valence-corrected chi connectivity index (χ1v) is 6.18. The van der Waals surface area contributed by atoms with Crippen molar-refractivity contribution in [1.29, 1.82) is 0 Å². The largest absolute Gasteiger partial charge is 0.496 e. The minimum absolute atomic E-state index is 0.764. The summed E-state index contributed by atoms with van der Waals surface area (Å²) in [4.78, 5) is 2.17.